The number of nitrogens with zero attached hydrogens (tertiary/aromatic N) is 4. The van der Waals surface area contributed by atoms with E-state index in [1.54, 1.807) is 12.4 Å². The molecule has 23 heavy (non-hydrogen) atoms. The number of aryl methyl sites for hydroxylation is 1. The van der Waals surface area contributed by atoms with Crippen LogP contribution in [0.15, 0.2) is 23.1 Å². The summed E-state index contributed by atoms with van der Waals surface area (Å²) in [6.07, 6.45) is 5.56. The third-order valence-electron chi connectivity index (χ3n) is 3.47. The normalized spacial score (nSPS) is 10.7. The number of hydrogen-bond acceptors (Lipinski definition) is 5. The fourth-order valence-corrected chi connectivity index (χ4v) is 3.78. The highest BCUT2D eigenvalue weighted by Crippen LogP contribution is 2.33. The van der Waals surface area contributed by atoms with Crippen LogP contribution in [0, 0.1) is 18.3 Å². The van der Waals surface area contributed by atoms with Gasteiger partial charge >= 0.3 is 0 Å². The van der Waals surface area contributed by atoms with Crippen LogP contribution in [0.3, 0.4) is 0 Å². The molecule has 3 heterocycles. The predicted molar refractivity (Wildman–Crippen MR) is 91.8 cm³/mol. The van der Waals surface area contributed by atoms with E-state index in [2.05, 4.69) is 37.4 Å². The Bertz CT molecular complexity index is 953. The largest absolute Gasteiger partial charge is 0.312 e. The molecular formula is C15H12BrN5OS. The van der Waals surface area contributed by atoms with Crippen molar-refractivity contribution >= 4 is 43.8 Å². The Morgan fingerprint density at radius 3 is 3.00 bits per heavy atom. The summed E-state index contributed by atoms with van der Waals surface area (Å²) in [6, 6.07) is 2.18. The molecule has 0 aliphatic heterocycles. The monoisotopic (exact) mass is 389 g/mol. The van der Waals surface area contributed by atoms with Gasteiger partial charge in [0, 0.05) is 17.3 Å². The number of aromatic nitrogens is 3. The molecule has 0 saturated heterocycles. The second kappa shape index (κ2) is 6.10. The first kappa shape index (κ1) is 15.6. The molecule has 0 radical (unpaired) electrons. The van der Waals surface area contributed by atoms with E-state index in [9.17, 15) is 10.1 Å². The number of halogens is 1. The van der Waals surface area contributed by atoms with Gasteiger partial charge in [-0.25, -0.2) is 9.50 Å². The minimum Gasteiger partial charge on any atom is -0.312 e. The summed E-state index contributed by atoms with van der Waals surface area (Å²) in [6.45, 7) is 3.95. The minimum absolute atomic E-state index is 0.324. The lowest BCUT2D eigenvalue weighted by Gasteiger charge is -2.02. The molecule has 6 nitrogen and oxygen atoms in total. The zero-order valence-corrected chi connectivity index (χ0v) is 14.8. The van der Waals surface area contributed by atoms with Crippen molar-refractivity contribution in [2.24, 2.45) is 0 Å². The first-order valence-corrected chi connectivity index (χ1v) is 8.48. The summed E-state index contributed by atoms with van der Waals surface area (Å²) in [7, 11) is 0. The Kier molecular flexibility index (Phi) is 4.15. The fraction of sp³-hybridized carbons (Fsp3) is 0.200. The summed E-state index contributed by atoms with van der Waals surface area (Å²) in [5, 5.41) is 16.9. The first-order chi connectivity index (χ1) is 11.0. The zero-order chi connectivity index (χ0) is 16.6. The van der Waals surface area contributed by atoms with E-state index in [1.165, 1.54) is 22.0 Å². The molecular weight excluding hydrogens is 378 g/mol. The molecule has 0 aliphatic carbocycles. The van der Waals surface area contributed by atoms with Crippen molar-refractivity contribution in [2.75, 3.05) is 5.32 Å². The van der Waals surface area contributed by atoms with Crippen LogP contribution in [-0.2, 0) is 6.42 Å². The molecule has 0 fully saturated rings. The Hall–Kier alpha value is -2.24. The van der Waals surface area contributed by atoms with E-state index in [-0.39, 0.29) is 5.91 Å². The van der Waals surface area contributed by atoms with Gasteiger partial charge < -0.3 is 5.32 Å². The quantitative estimate of drug-likeness (QED) is 0.742. The lowest BCUT2D eigenvalue weighted by molar-refractivity contribution is 0.102. The number of rotatable bonds is 3. The maximum Gasteiger partial charge on any atom is 0.261 e. The van der Waals surface area contributed by atoms with Crippen molar-refractivity contribution in [3.8, 4) is 6.07 Å². The van der Waals surface area contributed by atoms with E-state index in [0.29, 0.717) is 21.8 Å². The molecule has 0 aliphatic rings. The van der Waals surface area contributed by atoms with Gasteiger partial charge in [0.05, 0.1) is 16.2 Å². The molecule has 0 spiro atoms. The highest BCUT2D eigenvalue weighted by Gasteiger charge is 2.19. The summed E-state index contributed by atoms with van der Waals surface area (Å²) < 4.78 is 2.30. The van der Waals surface area contributed by atoms with E-state index < -0.39 is 0 Å². The molecule has 3 rings (SSSR count). The van der Waals surface area contributed by atoms with Gasteiger partial charge in [0.2, 0.25) is 0 Å². The number of carbonyl (C=O) groups excluding carboxylic acids is 1. The summed E-state index contributed by atoms with van der Waals surface area (Å²) >= 11 is 4.73. The predicted octanol–water partition coefficient (Wildman–Crippen LogP) is 3.55. The molecule has 0 unspecified atom stereocenters. The zero-order valence-electron chi connectivity index (χ0n) is 12.4. The molecule has 0 bridgehead atoms. The van der Waals surface area contributed by atoms with Gasteiger partial charge in [-0.05, 0) is 34.8 Å². The van der Waals surface area contributed by atoms with Crippen LogP contribution in [0.2, 0.25) is 0 Å². The Balaban J connectivity index is 1.97. The van der Waals surface area contributed by atoms with Gasteiger partial charge in [-0.3, -0.25) is 4.79 Å². The van der Waals surface area contributed by atoms with Crippen LogP contribution >= 0.6 is 27.3 Å². The Morgan fingerprint density at radius 1 is 1.52 bits per heavy atom. The van der Waals surface area contributed by atoms with Gasteiger partial charge in [0.1, 0.15) is 16.6 Å². The first-order valence-electron chi connectivity index (χ1n) is 6.87. The van der Waals surface area contributed by atoms with Crippen molar-refractivity contribution in [1.29, 1.82) is 5.26 Å². The van der Waals surface area contributed by atoms with Crippen LogP contribution < -0.4 is 5.32 Å². The standard InChI is InChI=1S/C15H12BrN5OS/c1-3-10-8(2)23-15(11(10)4-17)20-14(22)12-6-19-21-7-9(16)5-18-13(12)21/h5-7H,3H2,1-2H3,(H,20,22). The van der Waals surface area contributed by atoms with Crippen molar-refractivity contribution < 1.29 is 4.79 Å². The molecule has 8 heteroatoms. The number of thiophene rings is 1. The lowest BCUT2D eigenvalue weighted by atomic mass is 10.1. The molecule has 3 aromatic heterocycles. The molecule has 0 saturated carbocycles. The molecule has 116 valence electrons. The number of fused-ring (bicyclic) bond motifs is 1. The maximum atomic E-state index is 12.5. The second-order valence-corrected chi connectivity index (χ2v) is 7.00. The van der Waals surface area contributed by atoms with E-state index in [4.69, 9.17) is 0 Å². The van der Waals surface area contributed by atoms with Crippen molar-refractivity contribution in [3.63, 3.8) is 0 Å². The average Bonchev–Trinajstić information content (AvgIpc) is 3.06. The third kappa shape index (κ3) is 2.73. The van der Waals surface area contributed by atoms with Gasteiger partial charge in [-0.1, -0.05) is 6.92 Å². The fourth-order valence-electron chi connectivity index (χ4n) is 2.39. The number of carbonyl (C=O) groups is 1. The van der Waals surface area contributed by atoms with Crippen molar-refractivity contribution in [2.45, 2.75) is 20.3 Å². The number of amides is 1. The third-order valence-corrected chi connectivity index (χ3v) is 4.94. The van der Waals surface area contributed by atoms with Crippen LogP contribution in [0.25, 0.3) is 5.65 Å². The highest BCUT2D eigenvalue weighted by atomic mass is 79.9. The van der Waals surface area contributed by atoms with E-state index in [1.807, 2.05) is 13.8 Å². The van der Waals surface area contributed by atoms with Crippen LogP contribution in [0.1, 0.15) is 33.3 Å². The van der Waals surface area contributed by atoms with Crippen LogP contribution in [0.5, 0.6) is 0 Å². The smallest absolute Gasteiger partial charge is 0.261 e. The Labute approximate surface area is 144 Å². The van der Waals surface area contributed by atoms with E-state index >= 15 is 0 Å². The van der Waals surface area contributed by atoms with Crippen LogP contribution in [-0.4, -0.2) is 20.5 Å². The minimum atomic E-state index is -0.324. The van der Waals surface area contributed by atoms with Gasteiger partial charge in [-0.2, -0.15) is 10.4 Å². The maximum absolute atomic E-state index is 12.5. The Morgan fingerprint density at radius 2 is 2.30 bits per heavy atom. The van der Waals surface area contributed by atoms with Gasteiger partial charge in [-0.15, -0.1) is 11.3 Å². The summed E-state index contributed by atoms with van der Waals surface area (Å²) in [5.41, 5.74) is 2.35. The second-order valence-electron chi connectivity index (χ2n) is 4.86. The van der Waals surface area contributed by atoms with Crippen LogP contribution in [0.4, 0.5) is 5.00 Å². The SMILES string of the molecule is CCc1c(C)sc(NC(=O)c2cnn3cc(Br)cnc23)c1C#N. The van der Waals surface area contributed by atoms with E-state index in [0.717, 1.165) is 21.3 Å². The number of nitriles is 1. The number of hydrogen-bond donors (Lipinski definition) is 1. The molecule has 3 aromatic rings. The molecule has 0 aromatic carbocycles. The highest BCUT2D eigenvalue weighted by molar-refractivity contribution is 9.10. The average molecular weight is 390 g/mol. The summed E-state index contributed by atoms with van der Waals surface area (Å²) in [4.78, 5) is 17.8. The topological polar surface area (TPSA) is 83.1 Å². The number of anilines is 1. The summed E-state index contributed by atoms with van der Waals surface area (Å²) in [5.74, 6) is -0.324. The molecule has 0 atom stereocenters. The van der Waals surface area contributed by atoms with Gasteiger partial charge in [0.15, 0.2) is 5.65 Å². The van der Waals surface area contributed by atoms with Crippen molar-refractivity contribution in [3.05, 3.63) is 44.6 Å². The van der Waals surface area contributed by atoms with Crippen molar-refractivity contribution in [1.82, 2.24) is 14.6 Å². The molecule has 1 N–H and O–H groups in total. The molecule has 1 amide bonds. The lowest BCUT2D eigenvalue weighted by Crippen LogP contribution is -2.12. The number of nitrogens with one attached hydrogen (secondary N) is 1. The van der Waals surface area contributed by atoms with Gasteiger partial charge in [0.25, 0.3) is 5.91 Å².